The van der Waals surface area contributed by atoms with Gasteiger partial charge in [-0.25, -0.2) is 0 Å². The van der Waals surface area contributed by atoms with E-state index in [1.54, 1.807) is 0 Å². The molecule has 4 aromatic carbocycles. The van der Waals surface area contributed by atoms with Crippen LogP contribution in [0.5, 0.6) is 5.75 Å². The summed E-state index contributed by atoms with van der Waals surface area (Å²) in [7, 11) is 0. The number of ether oxygens (including phenoxy) is 1. The molecule has 0 spiro atoms. The van der Waals surface area contributed by atoms with Gasteiger partial charge < -0.3 is 9.26 Å². The van der Waals surface area contributed by atoms with E-state index in [0.29, 0.717) is 12.4 Å². The van der Waals surface area contributed by atoms with Crippen LogP contribution in [0, 0.1) is 13.8 Å². The van der Waals surface area contributed by atoms with E-state index in [0.717, 1.165) is 54.7 Å². The Morgan fingerprint density at radius 1 is 0.824 bits per heavy atom. The first-order valence-corrected chi connectivity index (χ1v) is 11.9. The molecule has 172 valence electrons. The highest BCUT2D eigenvalue weighted by Crippen LogP contribution is 2.41. The van der Waals surface area contributed by atoms with E-state index in [-0.39, 0.29) is 5.41 Å². The quantitative estimate of drug-likeness (QED) is 0.247. The number of aryl methyl sites for hydroxylation is 2. The van der Waals surface area contributed by atoms with Crippen LogP contribution in [0.25, 0.3) is 32.8 Å². The van der Waals surface area contributed by atoms with Crippen molar-refractivity contribution in [1.82, 2.24) is 5.16 Å². The standard InChI is InChI=1S/C30H28ClNO2/c1-18-14-20(30(3,4)5)15-19(2)29(18)33-17-21-16-26(32-34-21)27-22-10-6-8-12-24(22)28(31)25-13-9-7-11-23(25)27/h6-16H,17H2,1-5H3. The number of halogens is 1. The zero-order chi connectivity index (χ0) is 24.0. The Kier molecular flexibility index (Phi) is 5.61. The molecule has 0 fully saturated rings. The lowest BCUT2D eigenvalue weighted by atomic mass is 9.85. The lowest BCUT2D eigenvalue weighted by Crippen LogP contribution is -2.12. The second kappa shape index (κ2) is 8.48. The molecule has 0 aliphatic rings. The fourth-order valence-corrected chi connectivity index (χ4v) is 4.93. The van der Waals surface area contributed by atoms with Crippen molar-refractivity contribution in [1.29, 1.82) is 0 Å². The summed E-state index contributed by atoms with van der Waals surface area (Å²) in [4.78, 5) is 0. The second-order valence-corrected chi connectivity index (χ2v) is 10.3. The van der Waals surface area contributed by atoms with E-state index in [9.17, 15) is 0 Å². The summed E-state index contributed by atoms with van der Waals surface area (Å²) in [6.07, 6.45) is 0. The average molecular weight is 470 g/mol. The molecule has 34 heavy (non-hydrogen) atoms. The molecule has 5 rings (SSSR count). The summed E-state index contributed by atoms with van der Waals surface area (Å²) < 4.78 is 11.9. The Bertz CT molecular complexity index is 1440. The van der Waals surface area contributed by atoms with Gasteiger partial charge in [0.1, 0.15) is 18.1 Å². The minimum absolute atomic E-state index is 0.0952. The highest BCUT2D eigenvalue weighted by Gasteiger charge is 2.19. The van der Waals surface area contributed by atoms with E-state index in [4.69, 9.17) is 20.9 Å². The first-order chi connectivity index (χ1) is 16.2. The molecule has 0 radical (unpaired) electrons. The zero-order valence-corrected chi connectivity index (χ0v) is 21.0. The van der Waals surface area contributed by atoms with Crippen LogP contribution in [0.1, 0.15) is 43.2 Å². The molecule has 0 aliphatic carbocycles. The molecule has 3 nitrogen and oxygen atoms in total. The van der Waals surface area contributed by atoms with Crippen molar-refractivity contribution in [3.63, 3.8) is 0 Å². The Labute approximate surface area is 205 Å². The van der Waals surface area contributed by atoms with Crippen LogP contribution in [0.15, 0.2) is 71.3 Å². The minimum atomic E-state index is 0.0952. The van der Waals surface area contributed by atoms with Crippen LogP contribution in [0.3, 0.4) is 0 Å². The number of nitrogens with zero attached hydrogens (tertiary/aromatic N) is 1. The van der Waals surface area contributed by atoms with Crippen molar-refractivity contribution >= 4 is 33.1 Å². The predicted octanol–water partition coefficient (Wildman–Crippen LogP) is 8.79. The zero-order valence-electron chi connectivity index (χ0n) is 20.2. The van der Waals surface area contributed by atoms with Crippen LogP contribution in [0.4, 0.5) is 0 Å². The van der Waals surface area contributed by atoms with E-state index >= 15 is 0 Å². The summed E-state index contributed by atoms with van der Waals surface area (Å²) in [5.74, 6) is 1.57. The summed E-state index contributed by atoms with van der Waals surface area (Å²) in [6.45, 7) is 11.2. The third-order valence-electron chi connectivity index (χ3n) is 6.37. The Morgan fingerprint density at radius 2 is 1.35 bits per heavy atom. The maximum absolute atomic E-state index is 6.76. The molecule has 0 bridgehead atoms. The van der Waals surface area contributed by atoms with Gasteiger partial charge >= 0.3 is 0 Å². The van der Waals surface area contributed by atoms with Crippen molar-refractivity contribution in [3.05, 3.63) is 94.2 Å². The Hall–Kier alpha value is -3.30. The van der Waals surface area contributed by atoms with Crippen molar-refractivity contribution < 1.29 is 9.26 Å². The summed E-state index contributed by atoms with van der Waals surface area (Å²) in [5.41, 5.74) is 5.45. The minimum Gasteiger partial charge on any atom is -0.485 e. The highest BCUT2D eigenvalue weighted by molar-refractivity contribution is 6.42. The van der Waals surface area contributed by atoms with Crippen molar-refractivity contribution in [2.45, 2.75) is 46.6 Å². The molecule has 5 aromatic rings. The first-order valence-electron chi connectivity index (χ1n) is 11.5. The molecule has 0 saturated heterocycles. The van der Waals surface area contributed by atoms with Gasteiger partial charge in [0.15, 0.2) is 5.76 Å². The van der Waals surface area contributed by atoms with E-state index in [1.165, 1.54) is 5.56 Å². The third kappa shape index (κ3) is 3.95. The van der Waals surface area contributed by atoms with Crippen LogP contribution < -0.4 is 4.74 Å². The molecule has 0 atom stereocenters. The van der Waals surface area contributed by atoms with Crippen molar-refractivity contribution in [3.8, 4) is 17.0 Å². The molecule has 0 amide bonds. The van der Waals surface area contributed by atoms with Gasteiger partial charge in [-0.1, -0.05) is 98.2 Å². The van der Waals surface area contributed by atoms with Crippen LogP contribution in [0.2, 0.25) is 5.02 Å². The normalized spacial score (nSPS) is 11.9. The molecule has 1 aromatic heterocycles. The first kappa shape index (κ1) is 22.5. The summed E-state index contributed by atoms with van der Waals surface area (Å²) >= 11 is 6.76. The van der Waals surface area contributed by atoms with Crippen LogP contribution in [-0.4, -0.2) is 5.16 Å². The summed E-state index contributed by atoms with van der Waals surface area (Å²) in [6, 6.07) is 22.7. The maximum Gasteiger partial charge on any atom is 0.174 e. The van der Waals surface area contributed by atoms with E-state index in [2.05, 4.69) is 64.0 Å². The second-order valence-electron chi connectivity index (χ2n) is 9.94. The number of rotatable bonds is 4. The highest BCUT2D eigenvalue weighted by atomic mass is 35.5. The molecule has 0 aliphatic heterocycles. The molecule has 0 saturated carbocycles. The molecule has 0 unspecified atom stereocenters. The number of hydrogen-bond donors (Lipinski definition) is 0. The Balaban J connectivity index is 1.51. The molecule has 1 heterocycles. The van der Waals surface area contributed by atoms with Crippen molar-refractivity contribution in [2.75, 3.05) is 0 Å². The van der Waals surface area contributed by atoms with Gasteiger partial charge in [-0.15, -0.1) is 0 Å². The molecule has 4 heteroatoms. The third-order valence-corrected chi connectivity index (χ3v) is 6.77. The topological polar surface area (TPSA) is 35.3 Å². The lowest BCUT2D eigenvalue weighted by molar-refractivity contribution is 0.247. The number of fused-ring (bicyclic) bond motifs is 2. The molecular formula is C30H28ClNO2. The number of aromatic nitrogens is 1. The van der Waals surface area contributed by atoms with Gasteiger partial charge in [0.05, 0.1) is 5.02 Å². The predicted molar refractivity (Wildman–Crippen MR) is 141 cm³/mol. The van der Waals surface area contributed by atoms with Gasteiger partial charge in [-0.3, -0.25) is 0 Å². The number of hydrogen-bond acceptors (Lipinski definition) is 3. The van der Waals surface area contributed by atoms with Crippen LogP contribution in [-0.2, 0) is 12.0 Å². The van der Waals surface area contributed by atoms with Gasteiger partial charge in [-0.05, 0) is 46.7 Å². The largest absolute Gasteiger partial charge is 0.485 e. The Morgan fingerprint density at radius 3 is 1.88 bits per heavy atom. The SMILES string of the molecule is Cc1cc(C(C)(C)C)cc(C)c1OCc1cc(-c2c3ccccc3c(Cl)c3ccccc23)no1. The van der Waals surface area contributed by atoms with Crippen molar-refractivity contribution in [2.24, 2.45) is 0 Å². The van der Waals surface area contributed by atoms with Gasteiger partial charge in [-0.2, -0.15) is 0 Å². The van der Waals surface area contributed by atoms with E-state index < -0.39 is 0 Å². The van der Waals surface area contributed by atoms with Gasteiger partial charge in [0.2, 0.25) is 0 Å². The van der Waals surface area contributed by atoms with E-state index in [1.807, 2.05) is 42.5 Å². The van der Waals surface area contributed by atoms with Gasteiger partial charge in [0, 0.05) is 22.4 Å². The molecular weight excluding hydrogens is 442 g/mol. The molecule has 0 N–H and O–H groups in total. The number of benzene rings is 4. The lowest BCUT2D eigenvalue weighted by Gasteiger charge is -2.22. The summed E-state index contributed by atoms with van der Waals surface area (Å²) in [5, 5.41) is 9.29. The van der Waals surface area contributed by atoms with Crippen LogP contribution >= 0.6 is 11.6 Å². The fourth-order valence-electron chi connectivity index (χ4n) is 4.60. The van der Waals surface area contributed by atoms with Gasteiger partial charge in [0.25, 0.3) is 0 Å². The smallest absolute Gasteiger partial charge is 0.174 e. The monoisotopic (exact) mass is 469 g/mol. The fraction of sp³-hybridized carbons (Fsp3) is 0.233. The average Bonchev–Trinajstić information content (AvgIpc) is 3.26. The maximum atomic E-state index is 6.76.